The van der Waals surface area contributed by atoms with Gasteiger partial charge in [0, 0.05) is 41.7 Å². The van der Waals surface area contributed by atoms with Crippen molar-refractivity contribution < 1.29 is 27.8 Å². The molecule has 0 aliphatic carbocycles. The summed E-state index contributed by atoms with van der Waals surface area (Å²) >= 11 is 0.838. The molecule has 3 aromatic heterocycles. The topological polar surface area (TPSA) is 160 Å². The second-order valence-corrected chi connectivity index (χ2v) is 13.4. The van der Waals surface area contributed by atoms with E-state index in [-0.39, 0.29) is 56.7 Å². The number of benzene rings is 1. The molecule has 0 saturated carbocycles. The summed E-state index contributed by atoms with van der Waals surface area (Å²) in [7, 11) is 1.84. The first-order valence-electron chi connectivity index (χ1n) is 14.6. The first-order chi connectivity index (χ1) is 21.8. The van der Waals surface area contributed by atoms with E-state index in [1.807, 2.05) is 22.9 Å². The van der Waals surface area contributed by atoms with E-state index in [1.165, 1.54) is 0 Å². The Morgan fingerprint density at radius 3 is 2.70 bits per heavy atom. The Bertz CT molecular complexity index is 1950. The molecule has 6 rings (SSSR count). The first-order valence-corrected chi connectivity index (χ1v) is 15.5. The number of ether oxygens (including phenoxy) is 2. The third-order valence-corrected chi connectivity index (χ3v) is 9.48. The molecular formula is C31H32F2N8O4S. The zero-order valence-electron chi connectivity index (χ0n) is 25.9. The second-order valence-electron chi connectivity index (χ2n) is 12.4. The third kappa shape index (κ3) is 5.46. The molecule has 46 heavy (non-hydrogen) atoms. The highest BCUT2D eigenvalue weighted by atomic mass is 32.1. The van der Waals surface area contributed by atoms with Gasteiger partial charge in [0.15, 0.2) is 11.6 Å². The molecule has 2 atom stereocenters. The van der Waals surface area contributed by atoms with Crippen molar-refractivity contribution in [2.75, 3.05) is 30.4 Å². The zero-order valence-corrected chi connectivity index (χ0v) is 26.7. The fraction of sp³-hybridized carbons (Fsp3) is 0.419. The van der Waals surface area contributed by atoms with E-state index < -0.39 is 35.3 Å². The summed E-state index contributed by atoms with van der Waals surface area (Å²) in [4.78, 5) is 41.6. The standard InChI is InChI=1S/C31H32F2N8O4S/c1-14(27(35)42)40(5)15-6-7-41(11-15)29-37-9-17-18-12-44-13-19(18)21(23(33)24(17)38-29)25-22-16(8-34)28(39-30(43)45-31(2,3)4)46-26(22)20(32)10-36-25/h9-10,14-15H,6-7,11-13H2,1-5H3,(H2,35,42)(H,39,43)/t14?,15-/m0/s1. The van der Waals surface area contributed by atoms with Crippen LogP contribution in [0.25, 0.3) is 32.2 Å². The van der Waals surface area contributed by atoms with Gasteiger partial charge in [-0.25, -0.2) is 23.5 Å². The fourth-order valence-corrected chi connectivity index (χ4v) is 6.97. The van der Waals surface area contributed by atoms with Gasteiger partial charge in [-0.05, 0) is 52.3 Å². The van der Waals surface area contributed by atoms with E-state index in [2.05, 4.69) is 20.3 Å². The van der Waals surface area contributed by atoms with Crippen LogP contribution in [0.5, 0.6) is 0 Å². The van der Waals surface area contributed by atoms with Gasteiger partial charge in [-0.3, -0.25) is 20.0 Å². The Labute approximate surface area is 267 Å². The van der Waals surface area contributed by atoms with Gasteiger partial charge in [-0.2, -0.15) is 5.26 Å². The summed E-state index contributed by atoms with van der Waals surface area (Å²) in [6, 6.07) is 1.59. The molecule has 0 radical (unpaired) electrons. The summed E-state index contributed by atoms with van der Waals surface area (Å²) in [5, 5.41) is 13.3. The second kappa shape index (κ2) is 11.7. The summed E-state index contributed by atoms with van der Waals surface area (Å²) in [6.45, 7) is 8.15. The van der Waals surface area contributed by atoms with Crippen LogP contribution in [0.2, 0.25) is 0 Å². The lowest BCUT2D eigenvalue weighted by Gasteiger charge is -2.28. The van der Waals surface area contributed by atoms with Crippen LogP contribution >= 0.6 is 11.3 Å². The number of nitriles is 1. The largest absolute Gasteiger partial charge is 0.444 e. The Balaban J connectivity index is 1.46. The van der Waals surface area contributed by atoms with Crippen molar-refractivity contribution >= 4 is 55.3 Å². The Kier molecular flexibility index (Phi) is 7.99. The normalized spacial score (nSPS) is 17.0. The maximum absolute atomic E-state index is 16.8. The number of thiophene rings is 1. The SMILES string of the molecule is CC(C(N)=O)N(C)[C@H]1CCN(c2ncc3c4c(c(-c5ncc(F)c6sc(NC(=O)OC(C)(C)C)c(C#N)c56)c(F)c3n2)COC4)C1. The summed E-state index contributed by atoms with van der Waals surface area (Å²) in [5.41, 5.74) is 5.91. The number of hydrogen-bond acceptors (Lipinski definition) is 11. The maximum Gasteiger partial charge on any atom is 0.412 e. The predicted octanol–water partition coefficient (Wildman–Crippen LogP) is 4.82. The van der Waals surface area contributed by atoms with Crippen LogP contribution in [0.3, 0.4) is 0 Å². The number of nitrogens with one attached hydrogen (secondary N) is 1. The van der Waals surface area contributed by atoms with Gasteiger partial charge in [-0.1, -0.05) is 0 Å². The molecule has 2 amide bonds. The minimum Gasteiger partial charge on any atom is -0.444 e. The van der Waals surface area contributed by atoms with Crippen LogP contribution in [0.15, 0.2) is 12.4 Å². The van der Waals surface area contributed by atoms with Gasteiger partial charge >= 0.3 is 6.09 Å². The van der Waals surface area contributed by atoms with E-state index in [0.717, 1.165) is 24.0 Å². The molecule has 240 valence electrons. The molecule has 15 heteroatoms. The highest BCUT2D eigenvalue weighted by molar-refractivity contribution is 7.23. The van der Waals surface area contributed by atoms with Crippen LogP contribution in [0, 0.1) is 23.0 Å². The van der Waals surface area contributed by atoms with Crippen molar-refractivity contribution in [3.05, 3.63) is 40.7 Å². The Hall–Kier alpha value is -4.52. The molecule has 2 aliphatic rings. The number of primary amides is 1. The zero-order chi connectivity index (χ0) is 33.1. The molecule has 12 nitrogen and oxygen atoms in total. The van der Waals surface area contributed by atoms with Gasteiger partial charge in [0.2, 0.25) is 11.9 Å². The number of amides is 2. The van der Waals surface area contributed by atoms with Crippen molar-refractivity contribution in [1.82, 2.24) is 19.9 Å². The third-order valence-electron chi connectivity index (χ3n) is 8.36. The van der Waals surface area contributed by atoms with Crippen LogP contribution in [0.4, 0.5) is 24.5 Å². The molecular weight excluding hydrogens is 618 g/mol. The van der Waals surface area contributed by atoms with Crippen molar-refractivity contribution in [3.63, 3.8) is 0 Å². The minimum absolute atomic E-state index is 0.0128. The fourth-order valence-electron chi connectivity index (χ4n) is 5.93. The van der Waals surface area contributed by atoms with E-state index in [1.54, 1.807) is 33.9 Å². The van der Waals surface area contributed by atoms with Crippen molar-refractivity contribution in [3.8, 4) is 17.3 Å². The van der Waals surface area contributed by atoms with Crippen molar-refractivity contribution in [1.29, 1.82) is 5.26 Å². The first kappa shape index (κ1) is 31.5. The van der Waals surface area contributed by atoms with Gasteiger partial charge in [0.05, 0.1) is 41.4 Å². The lowest BCUT2D eigenvalue weighted by atomic mass is 9.94. The highest BCUT2D eigenvalue weighted by Crippen LogP contribution is 2.46. The van der Waals surface area contributed by atoms with E-state index in [9.17, 15) is 14.9 Å². The predicted molar refractivity (Wildman–Crippen MR) is 168 cm³/mol. The maximum atomic E-state index is 16.8. The number of halogens is 2. The Morgan fingerprint density at radius 1 is 1.26 bits per heavy atom. The monoisotopic (exact) mass is 650 g/mol. The van der Waals surface area contributed by atoms with Crippen LogP contribution in [0.1, 0.15) is 50.8 Å². The quantitative estimate of drug-likeness (QED) is 0.296. The van der Waals surface area contributed by atoms with Gasteiger partial charge in [-0.15, -0.1) is 11.3 Å². The summed E-state index contributed by atoms with van der Waals surface area (Å²) in [6.07, 6.45) is 2.45. The molecule has 0 spiro atoms. The summed E-state index contributed by atoms with van der Waals surface area (Å²) < 4.78 is 43.1. The van der Waals surface area contributed by atoms with E-state index in [4.69, 9.17) is 15.2 Å². The molecule has 1 unspecified atom stereocenters. The van der Waals surface area contributed by atoms with Crippen LogP contribution in [-0.2, 0) is 27.5 Å². The smallest absolute Gasteiger partial charge is 0.412 e. The summed E-state index contributed by atoms with van der Waals surface area (Å²) in [5.74, 6) is -1.55. The Morgan fingerprint density at radius 2 is 2.00 bits per heavy atom. The number of carbonyl (C=O) groups excluding carboxylic acids is 2. The number of carbonyl (C=O) groups is 2. The number of hydrogen-bond donors (Lipinski definition) is 2. The number of anilines is 2. The average molecular weight is 651 g/mol. The number of pyridine rings is 1. The molecule has 4 aromatic rings. The highest BCUT2D eigenvalue weighted by Gasteiger charge is 2.34. The molecule has 5 heterocycles. The molecule has 2 aliphatic heterocycles. The van der Waals surface area contributed by atoms with Gasteiger partial charge in [0.1, 0.15) is 22.2 Å². The number of likely N-dealkylation sites (N-methyl/N-ethyl adjacent to an activating group) is 1. The number of nitrogens with two attached hydrogens (primary N) is 1. The average Bonchev–Trinajstić information content (AvgIpc) is 3.75. The van der Waals surface area contributed by atoms with Crippen molar-refractivity contribution in [2.24, 2.45) is 5.73 Å². The number of aromatic nitrogens is 3. The minimum atomic E-state index is -0.819. The molecule has 3 N–H and O–H groups in total. The molecule has 1 fully saturated rings. The number of fused-ring (bicyclic) bond motifs is 4. The number of rotatable bonds is 6. The van der Waals surface area contributed by atoms with Crippen LogP contribution < -0.4 is 16.0 Å². The lowest BCUT2D eigenvalue weighted by molar-refractivity contribution is -0.122. The molecule has 0 bridgehead atoms. The lowest BCUT2D eigenvalue weighted by Crippen LogP contribution is -2.46. The number of nitrogens with zero attached hydrogens (tertiary/aromatic N) is 6. The van der Waals surface area contributed by atoms with Crippen LogP contribution in [-0.4, -0.2) is 69.7 Å². The van der Waals surface area contributed by atoms with Crippen molar-refractivity contribution in [2.45, 2.75) is 65.0 Å². The van der Waals surface area contributed by atoms with E-state index in [0.29, 0.717) is 35.6 Å². The van der Waals surface area contributed by atoms with E-state index >= 15 is 8.78 Å². The van der Waals surface area contributed by atoms with Gasteiger partial charge in [0.25, 0.3) is 0 Å². The molecule has 1 saturated heterocycles. The molecule has 1 aromatic carbocycles. The van der Waals surface area contributed by atoms with Gasteiger partial charge < -0.3 is 20.1 Å².